The molecule has 0 amide bonds. The van der Waals surface area contributed by atoms with Crippen LogP contribution in [0.25, 0.3) is 6.08 Å². The summed E-state index contributed by atoms with van der Waals surface area (Å²) in [5.74, 6) is 0. The summed E-state index contributed by atoms with van der Waals surface area (Å²) in [6.45, 7) is 10.6. The number of rotatable bonds is 5. The fraction of sp³-hybridized carbons (Fsp3) is 0.500. The van der Waals surface area contributed by atoms with Crippen LogP contribution in [-0.4, -0.2) is 4.98 Å². The highest BCUT2D eigenvalue weighted by Gasteiger charge is 2.25. The van der Waals surface area contributed by atoms with Crippen molar-refractivity contribution in [2.24, 2.45) is 0 Å². The van der Waals surface area contributed by atoms with Crippen molar-refractivity contribution in [1.29, 1.82) is 0 Å². The summed E-state index contributed by atoms with van der Waals surface area (Å²) in [6, 6.07) is 4.20. The van der Waals surface area contributed by atoms with Gasteiger partial charge in [-0.05, 0) is 36.0 Å². The maximum Gasteiger partial charge on any atom is 0.0661 e. The molecule has 1 aromatic heterocycles. The van der Waals surface area contributed by atoms with Crippen molar-refractivity contribution in [1.82, 2.24) is 4.98 Å². The topological polar surface area (TPSA) is 12.9 Å². The van der Waals surface area contributed by atoms with Crippen molar-refractivity contribution < 1.29 is 0 Å². The van der Waals surface area contributed by atoms with Gasteiger partial charge >= 0.3 is 0 Å². The summed E-state index contributed by atoms with van der Waals surface area (Å²) in [6.07, 6.45) is 7.25. The van der Waals surface area contributed by atoms with Crippen molar-refractivity contribution in [2.45, 2.75) is 45.4 Å². The molecule has 0 aromatic carbocycles. The Kier molecular flexibility index (Phi) is 4.07. The van der Waals surface area contributed by atoms with E-state index in [1.54, 1.807) is 0 Å². The van der Waals surface area contributed by atoms with E-state index in [0.29, 0.717) is 0 Å². The smallest absolute Gasteiger partial charge is 0.0661 e. The van der Waals surface area contributed by atoms with Gasteiger partial charge in [0.25, 0.3) is 0 Å². The summed E-state index contributed by atoms with van der Waals surface area (Å²) in [7, 11) is 0. The minimum absolute atomic E-state index is 0.243. The summed E-state index contributed by atoms with van der Waals surface area (Å²) in [5, 5.41) is 0. The van der Waals surface area contributed by atoms with Crippen molar-refractivity contribution >= 4 is 6.08 Å². The third-order valence-electron chi connectivity index (χ3n) is 3.26. The van der Waals surface area contributed by atoms with Crippen LogP contribution in [0.15, 0.2) is 24.9 Å². The Morgan fingerprint density at radius 2 is 2.20 bits per heavy atom. The summed E-state index contributed by atoms with van der Waals surface area (Å²) >= 11 is 0. The number of nitrogens with zero attached hydrogens (tertiary/aromatic N) is 1. The Balaban J connectivity index is 3.16. The number of hydrogen-bond donors (Lipinski definition) is 0. The summed E-state index contributed by atoms with van der Waals surface area (Å²) in [4.78, 5) is 4.38. The molecule has 0 saturated heterocycles. The van der Waals surface area contributed by atoms with E-state index in [9.17, 15) is 0 Å². The van der Waals surface area contributed by atoms with Crippen LogP contribution in [0, 0.1) is 0 Å². The van der Waals surface area contributed by atoms with E-state index < -0.39 is 0 Å². The predicted octanol–water partition coefficient (Wildman–Crippen LogP) is 4.19. The van der Waals surface area contributed by atoms with E-state index in [1.807, 2.05) is 18.3 Å². The molecule has 0 aliphatic carbocycles. The number of hydrogen-bond acceptors (Lipinski definition) is 1. The van der Waals surface area contributed by atoms with E-state index >= 15 is 0 Å². The van der Waals surface area contributed by atoms with Gasteiger partial charge < -0.3 is 0 Å². The molecule has 1 unspecified atom stereocenters. The zero-order valence-electron chi connectivity index (χ0n) is 10.1. The van der Waals surface area contributed by atoms with Gasteiger partial charge in [-0.3, -0.25) is 4.98 Å². The van der Waals surface area contributed by atoms with Gasteiger partial charge in [-0.15, -0.1) is 0 Å². The highest BCUT2D eigenvalue weighted by molar-refractivity contribution is 5.49. The first-order valence-corrected chi connectivity index (χ1v) is 5.76. The van der Waals surface area contributed by atoms with Crippen molar-refractivity contribution in [3.05, 3.63) is 36.2 Å². The first-order valence-electron chi connectivity index (χ1n) is 5.76. The molecular formula is C14H21N. The molecule has 1 heterocycles. The fourth-order valence-electron chi connectivity index (χ4n) is 2.14. The van der Waals surface area contributed by atoms with Gasteiger partial charge in [-0.25, -0.2) is 0 Å². The van der Waals surface area contributed by atoms with E-state index in [1.165, 1.54) is 18.4 Å². The third-order valence-corrected chi connectivity index (χ3v) is 3.26. The molecule has 0 radical (unpaired) electrons. The quantitative estimate of drug-likeness (QED) is 0.699. The molecule has 0 fully saturated rings. The minimum atomic E-state index is 0.243. The van der Waals surface area contributed by atoms with Gasteiger partial charge in [0.05, 0.1) is 5.69 Å². The van der Waals surface area contributed by atoms with Gasteiger partial charge in [-0.2, -0.15) is 0 Å². The second-order valence-corrected chi connectivity index (χ2v) is 4.30. The first-order chi connectivity index (χ1) is 7.18. The Labute approximate surface area is 93.2 Å². The molecule has 0 N–H and O–H groups in total. The predicted molar refractivity (Wildman–Crippen MR) is 66.9 cm³/mol. The molecular weight excluding hydrogens is 182 g/mol. The van der Waals surface area contributed by atoms with Crippen molar-refractivity contribution in [3.8, 4) is 0 Å². The molecule has 1 nitrogen and oxygen atoms in total. The Morgan fingerprint density at radius 3 is 2.73 bits per heavy atom. The molecule has 0 aliphatic rings. The number of aromatic nitrogens is 1. The molecule has 0 aliphatic heterocycles. The van der Waals surface area contributed by atoms with E-state index in [2.05, 4.69) is 38.4 Å². The van der Waals surface area contributed by atoms with E-state index in [4.69, 9.17) is 0 Å². The van der Waals surface area contributed by atoms with Crippen LogP contribution in [0.3, 0.4) is 0 Å². The third kappa shape index (κ3) is 2.47. The van der Waals surface area contributed by atoms with Gasteiger partial charge in [0.15, 0.2) is 0 Å². The normalized spacial score (nSPS) is 14.6. The lowest BCUT2D eigenvalue weighted by Gasteiger charge is -2.29. The zero-order chi connectivity index (χ0) is 11.3. The van der Waals surface area contributed by atoms with Crippen LogP contribution in [0.4, 0.5) is 0 Å². The largest absolute Gasteiger partial charge is 0.257 e. The van der Waals surface area contributed by atoms with Gasteiger partial charge in [0.2, 0.25) is 0 Å². The molecule has 82 valence electrons. The molecule has 15 heavy (non-hydrogen) atoms. The second kappa shape index (κ2) is 5.11. The lowest BCUT2D eigenvalue weighted by molar-refractivity contribution is 0.412. The van der Waals surface area contributed by atoms with Crippen LogP contribution in [0.1, 0.15) is 51.3 Å². The molecule has 1 rings (SSSR count). The van der Waals surface area contributed by atoms with Crippen LogP contribution >= 0.6 is 0 Å². The molecule has 0 saturated carbocycles. The van der Waals surface area contributed by atoms with Crippen LogP contribution < -0.4 is 0 Å². The van der Waals surface area contributed by atoms with Crippen LogP contribution in [0.2, 0.25) is 0 Å². The maximum atomic E-state index is 4.38. The van der Waals surface area contributed by atoms with Crippen LogP contribution in [0.5, 0.6) is 0 Å². The SMILES string of the molecule is C=Cc1ncccc1C(C)(CC)CCC. The maximum absolute atomic E-state index is 4.38. The fourth-order valence-corrected chi connectivity index (χ4v) is 2.14. The van der Waals surface area contributed by atoms with E-state index in [-0.39, 0.29) is 5.41 Å². The Bertz CT molecular complexity index is 330. The second-order valence-electron chi connectivity index (χ2n) is 4.30. The lowest BCUT2D eigenvalue weighted by atomic mass is 9.76. The van der Waals surface area contributed by atoms with Crippen LogP contribution in [-0.2, 0) is 5.41 Å². The molecule has 0 bridgehead atoms. The Morgan fingerprint density at radius 1 is 1.47 bits per heavy atom. The summed E-state index contributed by atoms with van der Waals surface area (Å²) in [5.41, 5.74) is 2.62. The molecule has 1 heteroatoms. The van der Waals surface area contributed by atoms with Gasteiger partial charge in [0.1, 0.15) is 0 Å². The number of pyridine rings is 1. The first kappa shape index (κ1) is 12.0. The van der Waals surface area contributed by atoms with Gasteiger partial charge in [-0.1, -0.05) is 39.8 Å². The molecule has 1 atom stereocenters. The lowest BCUT2D eigenvalue weighted by Crippen LogP contribution is -2.22. The standard InChI is InChI=1S/C14H21N/c1-5-10-14(4,7-3)12-9-8-11-15-13(12)6-2/h6,8-9,11H,2,5,7,10H2,1,3-4H3. The zero-order valence-corrected chi connectivity index (χ0v) is 10.1. The summed E-state index contributed by atoms with van der Waals surface area (Å²) < 4.78 is 0. The highest BCUT2D eigenvalue weighted by atomic mass is 14.7. The van der Waals surface area contributed by atoms with Gasteiger partial charge in [0, 0.05) is 6.20 Å². The minimum Gasteiger partial charge on any atom is -0.257 e. The Hall–Kier alpha value is -1.11. The molecule has 1 aromatic rings. The van der Waals surface area contributed by atoms with Crippen molar-refractivity contribution in [2.75, 3.05) is 0 Å². The van der Waals surface area contributed by atoms with Crippen molar-refractivity contribution in [3.63, 3.8) is 0 Å². The molecule has 0 spiro atoms. The monoisotopic (exact) mass is 203 g/mol. The van der Waals surface area contributed by atoms with E-state index in [0.717, 1.165) is 12.1 Å². The highest BCUT2D eigenvalue weighted by Crippen LogP contribution is 2.34. The average Bonchev–Trinajstić information content (AvgIpc) is 2.29. The average molecular weight is 203 g/mol.